The Kier molecular flexibility index (Phi) is 5.00. The second-order valence-corrected chi connectivity index (χ2v) is 8.00. The van der Waals surface area contributed by atoms with Gasteiger partial charge in [-0.3, -0.25) is 4.98 Å². The third kappa shape index (κ3) is 3.59. The Balaban J connectivity index is 1.66. The Labute approximate surface area is 186 Å². The average molecular weight is 429 g/mol. The zero-order valence-corrected chi connectivity index (χ0v) is 17.8. The zero-order valence-electron chi connectivity index (χ0n) is 16.9. The van der Waals surface area contributed by atoms with E-state index in [9.17, 15) is 4.39 Å². The van der Waals surface area contributed by atoms with E-state index in [0.29, 0.717) is 5.11 Å². The number of hydrogen-bond donors (Lipinski definition) is 1. The van der Waals surface area contributed by atoms with E-state index in [1.807, 2.05) is 30.5 Å². The summed E-state index contributed by atoms with van der Waals surface area (Å²) in [6, 6.07) is 24.6. The molecule has 0 bridgehead atoms. The van der Waals surface area contributed by atoms with E-state index in [0.717, 1.165) is 22.8 Å². The smallest absolute Gasteiger partial charge is 0.174 e. The van der Waals surface area contributed by atoms with Crippen molar-refractivity contribution >= 4 is 23.0 Å². The number of aromatic nitrogens is 2. The van der Waals surface area contributed by atoms with E-state index in [-0.39, 0.29) is 17.9 Å². The first-order chi connectivity index (χ1) is 15.1. The van der Waals surface area contributed by atoms with Gasteiger partial charge in [0.05, 0.1) is 11.7 Å². The van der Waals surface area contributed by atoms with Crippen LogP contribution in [0, 0.1) is 12.7 Å². The maximum Gasteiger partial charge on any atom is 0.174 e. The molecule has 2 aromatic heterocycles. The van der Waals surface area contributed by atoms with Gasteiger partial charge in [0, 0.05) is 29.5 Å². The summed E-state index contributed by atoms with van der Waals surface area (Å²) in [4.78, 5) is 6.75. The molecule has 2 atom stereocenters. The van der Waals surface area contributed by atoms with Gasteiger partial charge in [0.25, 0.3) is 0 Å². The van der Waals surface area contributed by atoms with Gasteiger partial charge in [-0.25, -0.2) is 4.39 Å². The summed E-state index contributed by atoms with van der Waals surface area (Å²) < 4.78 is 15.6. The zero-order chi connectivity index (χ0) is 21.4. The fourth-order valence-electron chi connectivity index (χ4n) is 4.11. The molecule has 0 unspecified atom stereocenters. The lowest BCUT2D eigenvalue weighted by Crippen LogP contribution is -2.30. The van der Waals surface area contributed by atoms with Gasteiger partial charge in [0.15, 0.2) is 5.11 Å². The number of pyridine rings is 1. The Morgan fingerprint density at radius 1 is 0.903 bits per heavy atom. The van der Waals surface area contributed by atoms with Crippen molar-refractivity contribution < 1.29 is 4.39 Å². The van der Waals surface area contributed by atoms with Crippen LogP contribution in [0.4, 0.5) is 10.1 Å². The molecule has 4 aromatic rings. The lowest BCUT2D eigenvalue weighted by molar-refractivity contribution is 0.549. The Bertz CT molecular complexity index is 1200. The molecule has 0 amide bonds. The van der Waals surface area contributed by atoms with Gasteiger partial charge in [0.1, 0.15) is 11.9 Å². The van der Waals surface area contributed by atoms with E-state index in [2.05, 4.69) is 57.0 Å². The predicted octanol–water partition coefficient (Wildman–Crippen LogP) is 5.50. The first kappa shape index (κ1) is 19.5. The van der Waals surface area contributed by atoms with E-state index in [4.69, 9.17) is 12.2 Å². The van der Waals surface area contributed by atoms with Crippen molar-refractivity contribution in [3.05, 3.63) is 114 Å². The average Bonchev–Trinajstić information content (AvgIpc) is 3.40. The first-order valence-electron chi connectivity index (χ1n) is 10.1. The van der Waals surface area contributed by atoms with Crippen LogP contribution in [-0.4, -0.2) is 14.7 Å². The van der Waals surface area contributed by atoms with Crippen molar-refractivity contribution in [2.24, 2.45) is 0 Å². The Morgan fingerprint density at radius 3 is 2.35 bits per heavy atom. The number of anilines is 1. The van der Waals surface area contributed by atoms with Gasteiger partial charge in [0.2, 0.25) is 0 Å². The van der Waals surface area contributed by atoms with Gasteiger partial charge < -0.3 is 14.8 Å². The van der Waals surface area contributed by atoms with Gasteiger partial charge in [-0.2, -0.15) is 0 Å². The van der Waals surface area contributed by atoms with Crippen molar-refractivity contribution in [1.29, 1.82) is 0 Å². The number of nitrogens with zero attached hydrogens (tertiary/aromatic N) is 3. The van der Waals surface area contributed by atoms with Crippen molar-refractivity contribution in [3.8, 4) is 5.69 Å². The predicted molar refractivity (Wildman–Crippen MR) is 125 cm³/mol. The van der Waals surface area contributed by atoms with E-state index >= 15 is 0 Å². The lowest BCUT2D eigenvalue weighted by Gasteiger charge is -2.29. The summed E-state index contributed by atoms with van der Waals surface area (Å²) in [6.07, 6.45) is 3.79. The minimum atomic E-state index is -0.256. The number of rotatable bonds is 4. The van der Waals surface area contributed by atoms with Crippen molar-refractivity contribution in [2.45, 2.75) is 19.0 Å². The highest BCUT2D eigenvalue weighted by Crippen LogP contribution is 2.42. The molecule has 6 heteroatoms. The fraction of sp³-hybridized carbons (Fsp3) is 0.120. The molecule has 0 radical (unpaired) electrons. The number of halogens is 1. The van der Waals surface area contributed by atoms with Gasteiger partial charge in [-0.1, -0.05) is 23.8 Å². The molecule has 0 aliphatic carbocycles. The molecule has 0 saturated carbocycles. The van der Waals surface area contributed by atoms with Gasteiger partial charge in [-0.15, -0.1) is 0 Å². The summed E-state index contributed by atoms with van der Waals surface area (Å²) in [5, 5.41) is 4.13. The third-order valence-electron chi connectivity index (χ3n) is 5.60. The highest BCUT2D eigenvalue weighted by Gasteiger charge is 2.42. The number of aryl methyl sites for hydroxylation is 1. The molecule has 0 spiro atoms. The van der Waals surface area contributed by atoms with Crippen molar-refractivity contribution in [3.63, 3.8) is 0 Å². The molecular formula is C25H21FN4S. The van der Waals surface area contributed by atoms with Crippen LogP contribution >= 0.6 is 12.2 Å². The molecule has 5 rings (SSSR count). The molecule has 3 heterocycles. The van der Waals surface area contributed by atoms with Crippen LogP contribution in [0.2, 0.25) is 0 Å². The third-order valence-corrected chi connectivity index (χ3v) is 5.91. The molecule has 31 heavy (non-hydrogen) atoms. The largest absolute Gasteiger partial charge is 0.351 e. The van der Waals surface area contributed by atoms with Gasteiger partial charge >= 0.3 is 0 Å². The Morgan fingerprint density at radius 2 is 1.65 bits per heavy atom. The van der Waals surface area contributed by atoms with Crippen molar-refractivity contribution in [1.82, 2.24) is 14.9 Å². The minimum absolute atomic E-state index is 0.134. The van der Waals surface area contributed by atoms with Crippen LogP contribution in [0.15, 0.2) is 91.3 Å². The van der Waals surface area contributed by atoms with Gasteiger partial charge in [-0.05, 0) is 79.8 Å². The molecule has 154 valence electrons. The summed E-state index contributed by atoms with van der Waals surface area (Å²) in [7, 11) is 0. The quantitative estimate of drug-likeness (QED) is 0.435. The summed E-state index contributed by atoms with van der Waals surface area (Å²) >= 11 is 5.79. The lowest BCUT2D eigenvalue weighted by atomic mass is 10.0. The van der Waals surface area contributed by atoms with E-state index < -0.39 is 0 Å². The standard InChI is InChI=1S/C25H21FN4S/c1-17-7-11-20(12-8-17)30-24(23(28-25(30)31)21-5-2-3-15-27-21)22-6-4-16-29(22)19-13-9-18(26)10-14-19/h2-16,23-24H,1H3,(H,28,31)/t23-,24-/m1/s1. The van der Waals surface area contributed by atoms with Crippen LogP contribution in [0.1, 0.15) is 29.0 Å². The normalized spacial score (nSPS) is 18.3. The number of nitrogens with one attached hydrogen (secondary N) is 1. The first-order valence-corrected chi connectivity index (χ1v) is 10.5. The topological polar surface area (TPSA) is 33.1 Å². The van der Waals surface area contributed by atoms with Crippen LogP contribution in [0.5, 0.6) is 0 Å². The van der Waals surface area contributed by atoms with Crippen LogP contribution in [0.3, 0.4) is 0 Å². The molecule has 1 fully saturated rings. The van der Waals surface area contributed by atoms with E-state index in [1.54, 1.807) is 18.3 Å². The van der Waals surface area contributed by atoms with Crippen LogP contribution in [-0.2, 0) is 0 Å². The monoisotopic (exact) mass is 428 g/mol. The maximum atomic E-state index is 13.5. The molecule has 1 saturated heterocycles. The number of benzene rings is 2. The maximum absolute atomic E-state index is 13.5. The second-order valence-electron chi connectivity index (χ2n) is 7.61. The van der Waals surface area contributed by atoms with Crippen molar-refractivity contribution in [2.75, 3.05) is 4.90 Å². The van der Waals surface area contributed by atoms with Crippen LogP contribution < -0.4 is 10.2 Å². The Hall–Kier alpha value is -3.51. The van der Waals surface area contributed by atoms with E-state index in [1.165, 1.54) is 17.7 Å². The molecule has 1 aliphatic rings. The molecule has 2 aromatic carbocycles. The minimum Gasteiger partial charge on any atom is -0.351 e. The molecule has 1 N–H and O–H groups in total. The summed E-state index contributed by atoms with van der Waals surface area (Å²) in [5.41, 5.74) is 5.04. The fourth-order valence-corrected chi connectivity index (χ4v) is 4.46. The SMILES string of the molecule is Cc1ccc(N2C(=S)N[C@H](c3ccccn3)[C@H]2c2cccn2-c2ccc(F)cc2)cc1. The van der Waals surface area contributed by atoms with Crippen LogP contribution in [0.25, 0.3) is 5.69 Å². The highest BCUT2D eigenvalue weighted by molar-refractivity contribution is 7.80. The molecular weight excluding hydrogens is 407 g/mol. The summed E-state index contributed by atoms with van der Waals surface area (Å²) in [6.45, 7) is 2.07. The number of hydrogen-bond acceptors (Lipinski definition) is 2. The number of thiocarbonyl (C=S) groups is 1. The molecule has 1 aliphatic heterocycles. The second kappa shape index (κ2) is 7.96. The highest BCUT2D eigenvalue weighted by atomic mass is 32.1. The molecule has 4 nitrogen and oxygen atoms in total. The summed E-state index contributed by atoms with van der Waals surface area (Å²) in [5.74, 6) is -0.256.